The van der Waals surface area contributed by atoms with Crippen LogP contribution in [0.15, 0.2) is 10.8 Å². The monoisotopic (exact) mass is 280 g/mol. The molecular formula is C14H20N2O4. The molecule has 6 nitrogen and oxygen atoms in total. The lowest BCUT2D eigenvalue weighted by Crippen LogP contribution is -2.47. The summed E-state index contributed by atoms with van der Waals surface area (Å²) in [5, 5.41) is 15.6. The van der Waals surface area contributed by atoms with Crippen molar-refractivity contribution in [2.45, 2.75) is 45.6 Å². The maximum Gasteiger partial charge on any atom is 0.326 e. The van der Waals surface area contributed by atoms with Crippen molar-refractivity contribution < 1.29 is 19.2 Å². The van der Waals surface area contributed by atoms with Crippen LogP contribution in [0.3, 0.4) is 0 Å². The Morgan fingerprint density at radius 1 is 1.40 bits per heavy atom. The number of nitrogens with one attached hydrogen (secondary N) is 1. The first-order valence-corrected chi connectivity index (χ1v) is 6.93. The van der Waals surface area contributed by atoms with Crippen LogP contribution in [0.5, 0.6) is 0 Å². The van der Waals surface area contributed by atoms with Gasteiger partial charge < -0.3 is 14.9 Å². The van der Waals surface area contributed by atoms with Gasteiger partial charge in [-0.3, -0.25) is 4.79 Å². The van der Waals surface area contributed by atoms with Crippen molar-refractivity contribution in [2.24, 2.45) is 11.8 Å². The normalized spacial score (nSPS) is 24.1. The molecule has 1 saturated carbocycles. The summed E-state index contributed by atoms with van der Waals surface area (Å²) in [5.74, 6) is -0.786. The van der Waals surface area contributed by atoms with Gasteiger partial charge in [-0.1, -0.05) is 24.9 Å². The zero-order chi connectivity index (χ0) is 14.7. The highest BCUT2D eigenvalue weighted by Gasteiger charge is 2.33. The molecule has 6 heteroatoms. The standard InChI is InChI=1S/C14H20N2O4/c1-8-3-5-10(6-4-8)12(14(18)19)15-13(17)11-7-20-16-9(11)2/h7-8,10,12H,3-6H2,1-2H3,(H,15,17)(H,18,19)/t8?,10?,12-/m0/s1. The summed E-state index contributed by atoms with van der Waals surface area (Å²) in [6.07, 6.45) is 4.93. The zero-order valence-corrected chi connectivity index (χ0v) is 11.8. The van der Waals surface area contributed by atoms with Gasteiger partial charge in [-0.25, -0.2) is 4.79 Å². The van der Waals surface area contributed by atoms with Gasteiger partial charge in [0.15, 0.2) is 0 Å². The van der Waals surface area contributed by atoms with Crippen LogP contribution < -0.4 is 5.32 Å². The molecule has 2 N–H and O–H groups in total. The van der Waals surface area contributed by atoms with Crippen LogP contribution in [0.4, 0.5) is 0 Å². The summed E-state index contributed by atoms with van der Waals surface area (Å²) in [4.78, 5) is 23.5. The molecule has 20 heavy (non-hydrogen) atoms. The second kappa shape index (κ2) is 6.07. The molecule has 0 spiro atoms. The van der Waals surface area contributed by atoms with Crippen LogP contribution in [0, 0.1) is 18.8 Å². The van der Waals surface area contributed by atoms with E-state index in [1.165, 1.54) is 6.26 Å². The first kappa shape index (κ1) is 14.6. The Hall–Kier alpha value is -1.85. The van der Waals surface area contributed by atoms with Gasteiger partial charge in [0.25, 0.3) is 5.91 Å². The summed E-state index contributed by atoms with van der Waals surface area (Å²) in [5.41, 5.74) is 0.754. The number of aliphatic carboxylic acids is 1. The van der Waals surface area contributed by atoms with E-state index in [0.717, 1.165) is 25.7 Å². The topological polar surface area (TPSA) is 92.4 Å². The lowest BCUT2D eigenvalue weighted by Gasteiger charge is -2.30. The largest absolute Gasteiger partial charge is 0.480 e. The molecule has 2 rings (SSSR count). The number of aryl methyl sites for hydroxylation is 1. The fraction of sp³-hybridized carbons (Fsp3) is 0.643. The summed E-state index contributed by atoms with van der Waals surface area (Å²) in [7, 11) is 0. The Kier molecular flexibility index (Phi) is 4.42. The molecule has 1 fully saturated rings. The van der Waals surface area contributed by atoms with Crippen LogP contribution in [-0.4, -0.2) is 28.2 Å². The molecule has 0 bridgehead atoms. The Bertz CT molecular complexity index is 489. The Labute approximate surface area is 117 Å². The van der Waals surface area contributed by atoms with E-state index in [2.05, 4.69) is 17.4 Å². The van der Waals surface area contributed by atoms with Gasteiger partial charge in [0.1, 0.15) is 17.9 Å². The highest BCUT2D eigenvalue weighted by Crippen LogP contribution is 2.30. The summed E-state index contributed by atoms with van der Waals surface area (Å²) >= 11 is 0. The molecule has 1 aliphatic carbocycles. The molecule has 0 unspecified atom stereocenters. The van der Waals surface area contributed by atoms with Crippen molar-refractivity contribution in [3.05, 3.63) is 17.5 Å². The van der Waals surface area contributed by atoms with E-state index in [1.54, 1.807) is 6.92 Å². The number of nitrogens with zero attached hydrogens (tertiary/aromatic N) is 1. The summed E-state index contributed by atoms with van der Waals surface area (Å²) < 4.78 is 4.71. The van der Waals surface area contributed by atoms with Crippen molar-refractivity contribution in [3.8, 4) is 0 Å². The number of carbonyl (C=O) groups is 2. The molecule has 1 amide bonds. The molecule has 0 aliphatic heterocycles. The maximum absolute atomic E-state index is 12.1. The van der Waals surface area contributed by atoms with E-state index in [-0.39, 0.29) is 5.92 Å². The second-order valence-corrected chi connectivity index (χ2v) is 5.62. The predicted molar refractivity (Wildman–Crippen MR) is 71.3 cm³/mol. The van der Waals surface area contributed by atoms with E-state index in [0.29, 0.717) is 17.2 Å². The first-order chi connectivity index (χ1) is 9.49. The number of hydrogen-bond donors (Lipinski definition) is 2. The predicted octanol–water partition coefficient (Wildman–Crippen LogP) is 1.99. The molecule has 1 aromatic rings. The van der Waals surface area contributed by atoms with Crippen molar-refractivity contribution in [3.63, 3.8) is 0 Å². The van der Waals surface area contributed by atoms with Gasteiger partial charge >= 0.3 is 5.97 Å². The Morgan fingerprint density at radius 2 is 2.05 bits per heavy atom. The molecule has 110 valence electrons. The average Bonchev–Trinajstić information content (AvgIpc) is 2.83. The number of carbonyl (C=O) groups excluding carboxylic acids is 1. The first-order valence-electron chi connectivity index (χ1n) is 6.93. The van der Waals surface area contributed by atoms with Gasteiger partial charge in [-0.15, -0.1) is 0 Å². The third-order valence-electron chi connectivity index (χ3n) is 4.08. The van der Waals surface area contributed by atoms with Gasteiger partial charge in [0.2, 0.25) is 0 Å². The van der Waals surface area contributed by atoms with Gasteiger partial charge in [0.05, 0.1) is 5.69 Å². The minimum Gasteiger partial charge on any atom is -0.480 e. The van der Waals surface area contributed by atoms with E-state index >= 15 is 0 Å². The van der Waals surface area contributed by atoms with Crippen LogP contribution in [0.1, 0.15) is 48.7 Å². The van der Waals surface area contributed by atoms with Crippen molar-refractivity contribution in [1.29, 1.82) is 0 Å². The molecule has 0 radical (unpaired) electrons. The molecule has 0 saturated heterocycles. The Balaban J connectivity index is 2.05. The molecular weight excluding hydrogens is 260 g/mol. The van der Waals surface area contributed by atoms with Gasteiger partial charge in [-0.2, -0.15) is 0 Å². The lowest BCUT2D eigenvalue weighted by molar-refractivity contribution is -0.141. The van der Waals surface area contributed by atoms with E-state index in [4.69, 9.17) is 4.52 Å². The quantitative estimate of drug-likeness (QED) is 0.880. The van der Waals surface area contributed by atoms with Crippen LogP contribution >= 0.6 is 0 Å². The average molecular weight is 280 g/mol. The number of carboxylic acid groups (broad SMARTS) is 1. The number of rotatable bonds is 4. The maximum atomic E-state index is 12.1. The SMILES string of the molecule is Cc1nocc1C(=O)N[C@H](C(=O)O)C1CCC(C)CC1. The number of hydrogen-bond acceptors (Lipinski definition) is 4. The number of aromatic nitrogens is 1. The van der Waals surface area contributed by atoms with Crippen LogP contribution in [0.2, 0.25) is 0 Å². The van der Waals surface area contributed by atoms with Gasteiger partial charge in [-0.05, 0) is 31.6 Å². The van der Waals surface area contributed by atoms with Crippen molar-refractivity contribution >= 4 is 11.9 Å². The van der Waals surface area contributed by atoms with Crippen molar-refractivity contribution in [1.82, 2.24) is 10.5 Å². The molecule has 1 atom stereocenters. The van der Waals surface area contributed by atoms with E-state index < -0.39 is 17.9 Å². The fourth-order valence-corrected chi connectivity index (χ4v) is 2.73. The number of carboxylic acids is 1. The molecule has 1 heterocycles. The minimum absolute atomic E-state index is 0.00665. The lowest BCUT2D eigenvalue weighted by atomic mass is 9.79. The van der Waals surface area contributed by atoms with Crippen LogP contribution in [0.25, 0.3) is 0 Å². The number of amides is 1. The summed E-state index contributed by atoms with van der Waals surface area (Å²) in [6, 6.07) is -0.843. The zero-order valence-electron chi connectivity index (χ0n) is 11.8. The Morgan fingerprint density at radius 3 is 2.55 bits per heavy atom. The second-order valence-electron chi connectivity index (χ2n) is 5.62. The minimum atomic E-state index is -0.980. The third-order valence-corrected chi connectivity index (χ3v) is 4.08. The summed E-state index contributed by atoms with van der Waals surface area (Å²) in [6.45, 7) is 3.82. The molecule has 1 aliphatic rings. The smallest absolute Gasteiger partial charge is 0.326 e. The van der Waals surface area contributed by atoms with Gasteiger partial charge in [0, 0.05) is 0 Å². The highest BCUT2D eigenvalue weighted by molar-refractivity contribution is 5.97. The third kappa shape index (κ3) is 3.18. The fourth-order valence-electron chi connectivity index (χ4n) is 2.73. The highest BCUT2D eigenvalue weighted by atomic mass is 16.5. The van der Waals surface area contributed by atoms with E-state index in [9.17, 15) is 14.7 Å². The molecule has 0 aromatic carbocycles. The molecule has 1 aromatic heterocycles. The van der Waals surface area contributed by atoms with Crippen LogP contribution in [-0.2, 0) is 4.79 Å². The van der Waals surface area contributed by atoms with Crippen molar-refractivity contribution in [2.75, 3.05) is 0 Å². The van der Waals surface area contributed by atoms with E-state index in [1.807, 2.05) is 0 Å².